The van der Waals surface area contributed by atoms with Crippen LogP contribution in [-0.4, -0.2) is 50.6 Å². The fourth-order valence-corrected chi connectivity index (χ4v) is 3.00. The van der Waals surface area contributed by atoms with E-state index >= 15 is 0 Å². The highest BCUT2D eigenvalue weighted by atomic mass is 35.5. The van der Waals surface area contributed by atoms with E-state index in [9.17, 15) is 0 Å². The molecule has 1 aliphatic heterocycles. The van der Waals surface area contributed by atoms with Crippen molar-refractivity contribution >= 4 is 17.6 Å². The third-order valence-electron chi connectivity index (χ3n) is 4.24. The van der Waals surface area contributed by atoms with Crippen LogP contribution in [0.3, 0.4) is 0 Å². The summed E-state index contributed by atoms with van der Waals surface area (Å²) in [5, 5.41) is 7.53. The Bertz CT molecular complexity index is 466. The molecule has 1 aromatic carbocycles. The molecule has 1 fully saturated rings. The molecule has 0 spiro atoms. The monoisotopic (exact) mass is 336 g/mol. The number of nitrogens with zero attached hydrogens (tertiary/aromatic N) is 2. The van der Waals surface area contributed by atoms with Gasteiger partial charge in [0.25, 0.3) is 0 Å². The molecule has 4 nitrogen and oxygen atoms in total. The van der Waals surface area contributed by atoms with E-state index in [-0.39, 0.29) is 0 Å². The number of unbranched alkanes of at least 4 members (excludes halogenated alkanes) is 1. The molecule has 5 heteroatoms. The topological polar surface area (TPSA) is 39.7 Å². The molecule has 0 atom stereocenters. The van der Waals surface area contributed by atoms with Crippen LogP contribution < -0.4 is 10.6 Å². The molecular weight excluding hydrogens is 308 g/mol. The second-order valence-corrected chi connectivity index (χ2v) is 6.49. The van der Waals surface area contributed by atoms with E-state index in [0.717, 1.165) is 30.5 Å². The highest BCUT2D eigenvalue weighted by Gasteiger charge is 2.09. The minimum atomic E-state index is 0.785. The fourth-order valence-electron chi connectivity index (χ4n) is 2.87. The number of likely N-dealkylation sites (tertiary alicyclic amines) is 1. The van der Waals surface area contributed by atoms with Gasteiger partial charge >= 0.3 is 0 Å². The van der Waals surface area contributed by atoms with Crippen molar-refractivity contribution in [2.75, 3.05) is 39.8 Å². The van der Waals surface area contributed by atoms with E-state index in [1.54, 1.807) is 0 Å². The molecule has 2 rings (SSSR count). The smallest absolute Gasteiger partial charge is 0.190 e. The largest absolute Gasteiger partial charge is 0.356 e. The minimum Gasteiger partial charge on any atom is -0.356 e. The van der Waals surface area contributed by atoms with Crippen molar-refractivity contribution in [3.05, 3.63) is 34.9 Å². The van der Waals surface area contributed by atoms with Gasteiger partial charge in [-0.3, -0.25) is 4.99 Å². The summed E-state index contributed by atoms with van der Waals surface area (Å²) in [5.74, 6) is 0.889. The number of benzene rings is 1. The van der Waals surface area contributed by atoms with Crippen LogP contribution in [-0.2, 0) is 6.42 Å². The number of nitrogens with one attached hydrogen (secondary N) is 2. The lowest BCUT2D eigenvalue weighted by Crippen LogP contribution is -2.38. The number of rotatable bonds is 8. The Labute approximate surface area is 145 Å². The number of hydrogen-bond donors (Lipinski definition) is 2. The first-order valence-corrected chi connectivity index (χ1v) is 9.07. The molecule has 0 amide bonds. The summed E-state index contributed by atoms with van der Waals surface area (Å²) in [6.07, 6.45) is 6.17. The van der Waals surface area contributed by atoms with Crippen molar-refractivity contribution in [1.29, 1.82) is 0 Å². The van der Waals surface area contributed by atoms with Crippen LogP contribution >= 0.6 is 11.6 Å². The van der Waals surface area contributed by atoms with Gasteiger partial charge in [-0.2, -0.15) is 0 Å². The summed E-state index contributed by atoms with van der Waals surface area (Å²) in [7, 11) is 1.82. The van der Waals surface area contributed by atoms with Gasteiger partial charge in [-0.1, -0.05) is 23.7 Å². The van der Waals surface area contributed by atoms with Gasteiger partial charge in [0.1, 0.15) is 0 Å². The van der Waals surface area contributed by atoms with Gasteiger partial charge in [0.05, 0.1) is 0 Å². The molecule has 1 aromatic rings. The van der Waals surface area contributed by atoms with Crippen molar-refractivity contribution in [2.45, 2.75) is 32.1 Å². The van der Waals surface area contributed by atoms with Crippen LogP contribution in [0.1, 0.15) is 31.2 Å². The van der Waals surface area contributed by atoms with Crippen molar-refractivity contribution < 1.29 is 0 Å². The van der Waals surface area contributed by atoms with Gasteiger partial charge in [0.15, 0.2) is 5.96 Å². The molecule has 0 bridgehead atoms. The van der Waals surface area contributed by atoms with E-state index in [2.05, 4.69) is 32.7 Å². The van der Waals surface area contributed by atoms with Gasteiger partial charge in [-0.15, -0.1) is 0 Å². The maximum atomic E-state index is 5.90. The van der Waals surface area contributed by atoms with Gasteiger partial charge in [0, 0.05) is 25.2 Å². The second-order valence-electron chi connectivity index (χ2n) is 6.06. The van der Waals surface area contributed by atoms with Crippen molar-refractivity contribution in [3.8, 4) is 0 Å². The van der Waals surface area contributed by atoms with Crippen LogP contribution in [0.4, 0.5) is 0 Å². The summed E-state index contributed by atoms with van der Waals surface area (Å²) in [6.45, 7) is 5.68. The van der Waals surface area contributed by atoms with Gasteiger partial charge in [-0.05, 0) is 69.4 Å². The van der Waals surface area contributed by atoms with Crippen molar-refractivity contribution in [1.82, 2.24) is 15.5 Å². The molecule has 0 aromatic heterocycles. The lowest BCUT2D eigenvalue weighted by molar-refractivity contribution is 0.330. The first-order chi connectivity index (χ1) is 11.3. The van der Waals surface area contributed by atoms with Crippen molar-refractivity contribution in [3.63, 3.8) is 0 Å². The van der Waals surface area contributed by atoms with Gasteiger partial charge < -0.3 is 15.5 Å². The Morgan fingerprint density at radius 1 is 1.09 bits per heavy atom. The molecular formula is C18H29ClN4. The van der Waals surface area contributed by atoms with Crippen LogP contribution in [0.2, 0.25) is 5.02 Å². The minimum absolute atomic E-state index is 0.785. The molecule has 128 valence electrons. The Morgan fingerprint density at radius 2 is 1.78 bits per heavy atom. The summed E-state index contributed by atoms with van der Waals surface area (Å²) in [6, 6.07) is 8.01. The zero-order valence-electron chi connectivity index (χ0n) is 14.2. The molecule has 1 aliphatic rings. The zero-order chi connectivity index (χ0) is 16.3. The average molecular weight is 337 g/mol. The molecule has 1 heterocycles. The molecule has 0 aliphatic carbocycles. The van der Waals surface area contributed by atoms with Crippen LogP contribution in [0.15, 0.2) is 29.3 Å². The standard InChI is InChI=1S/C18H29ClN4/c1-20-18(21-11-2-3-13-23-14-4-5-15-23)22-12-10-16-6-8-17(19)9-7-16/h6-9H,2-5,10-15H2,1H3,(H2,20,21,22). The van der Waals surface area contributed by atoms with Gasteiger partial charge in [0.2, 0.25) is 0 Å². The van der Waals surface area contributed by atoms with Gasteiger partial charge in [-0.25, -0.2) is 0 Å². The third-order valence-corrected chi connectivity index (χ3v) is 4.49. The Hall–Kier alpha value is -1.26. The Morgan fingerprint density at radius 3 is 2.48 bits per heavy atom. The first-order valence-electron chi connectivity index (χ1n) is 8.69. The highest BCUT2D eigenvalue weighted by Crippen LogP contribution is 2.09. The summed E-state index contributed by atoms with van der Waals surface area (Å²) < 4.78 is 0. The molecule has 1 saturated heterocycles. The lowest BCUT2D eigenvalue weighted by Gasteiger charge is -2.15. The number of hydrogen-bond acceptors (Lipinski definition) is 2. The van der Waals surface area contributed by atoms with E-state index in [0.29, 0.717) is 0 Å². The van der Waals surface area contributed by atoms with E-state index < -0.39 is 0 Å². The van der Waals surface area contributed by atoms with Crippen LogP contribution in [0, 0.1) is 0 Å². The van der Waals surface area contributed by atoms with Crippen LogP contribution in [0.25, 0.3) is 0 Å². The Balaban J connectivity index is 1.53. The fraction of sp³-hybridized carbons (Fsp3) is 0.611. The zero-order valence-corrected chi connectivity index (χ0v) is 14.9. The van der Waals surface area contributed by atoms with Crippen molar-refractivity contribution in [2.24, 2.45) is 4.99 Å². The Kier molecular flexibility index (Phi) is 8.26. The molecule has 0 radical (unpaired) electrons. The quantitative estimate of drug-likeness (QED) is 0.435. The summed E-state index contributed by atoms with van der Waals surface area (Å²) in [4.78, 5) is 6.84. The predicted molar refractivity (Wildman–Crippen MR) is 99.4 cm³/mol. The number of guanidine groups is 1. The van der Waals surface area contributed by atoms with E-state index in [4.69, 9.17) is 11.6 Å². The van der Waals surface area contributed by atoms with E-state index in [1.165, 1.54) is 50.9 Å². The highest BCUT2D eigenvalue weighted by molar-refractivity contribution is 6.30. The van der Waals surface area contributed by atoms with E-state index in [1.807, 2.05) is 19.2 Å². The third kappa shape index (κ3) is 7.23. The van der Waals surface area contributed by atoms with Crippen LogP contribution in [0.5, 0.6) is 0 Å². The summed E-state index contributed by atoms with van der Waals surface area (Å²) >= 11 is 5.90. The molecule has 0 saturated carbocycles. The maximum absolute atomic E-state index is 5.90. The first kappa shape index (κ1) is 18.1. The molecule has 0 unspecified atom stereocenters. The second kappa shape index (κ2) is 10.5. The number of aliphatic imine (C=N–C) groups is 1. The number of halogens is 1. The SMILES string of the molecule is CN=C(NCCCCN1CCCC1)NCCc1ccc(Cl)cc1. The maximum Gasteiger partial charge on any atom is 0.190 e. The normalized spacial score (nSPS) is 15.8. The molecule has 2 N–H and O–H groups in total. The predicted octanol–water partition coefficient (Wildman–Crippen LogP) is 2.92. The summed E-state index contributed by atoms with van der Waals surface area (Å²) in [5.41, 5.74) is 1.28. The molecule has 23 heavy (non-hydrogen) atoms. The lowest BCUT2D eigenvalue weighted by atomic mass is 10.1. The average Bonchev–Trinajstić information content (AvgIpc) is 3.08.